The van der Waals surface area contributed by atoms with Crippen molar-refractivity contribution in [1.29, 1.82) is 0 Å². The van der Waals surface area contributed by atoms with E-state index in [0.29, 0.717) is 5.41 Å². The summed E-state index contributed by atoms with van der Waals surface area (Å²) < 4.78 is 25.6. The Morgan fingerprint density at radius 3 is 2.41 bits per heavy atom. The zero-order chi connectivity index (χ0) is 28.0. The Balaban J connectivity index is 1.28. The molecule has 0 radical (unpaired) electrons. The lowest BCUT2D eigenvalue weighted by Gasteiger charge is -2.58. The fourth-order valence-corrected chi connectivity index (χ4v) is 10.4. The maximum Gasteiger partial charge on any atom is 0.276 e. The van der Waals surface area contributed by atoms with Crippen LogP contribution in [0.15, 0.2) is 45.9 Å². The van der Waals surface area contributed by atoms with Crippen molar-refractivity contribution >= 4 is 15.7 Å². The van der Waals surface area contributed by atoms with Gasteiger partial charge in [-0.05, 0) is 123 Å². The smallest absolute Gasteiger partial charge is 0.200 e. The van der Waals surface area contributed by atoms with Crippen molar-refractivity contribution in [3.8, 4) is 0 Å². The Kier molecular flexibility index (Phi) is 8.14. The van der Waals surface area contributed by atoms with Crippen LogP contribution < -0.4 is 4.83 Å². The molecule has 5 heteroatoms. The van der Waals surface area contributed by atoms with Gasteiger partial charge in [0.25, 0.3) is 10.0 Å². The van der Waals surface area contributed by atoms with Gasteiger partial charge in [0.2, 0.25) is 0 Å². The lowest BCUT2D eigenvalue weighted by Crippen LogP contribution is -2.51. The van der Waals surface area contributed by atoms with Gasteiger partial charge >= 0.3 is 0 Å². The highest BCUT2D eigenvalue weighted by Gasteiger charge is 2.59. The maximum atomic E-state index is 12.8. The number of nitrogens with zero attached hydrogens (tertiary/aromatic N) is 1. The number of allylic oxidation sites excluding steroid dienone is 2. The van der Waals surface area contributed by atoms with Crippen LogP contribution in [0.1, 0.15) is 111 Å². The zero-order valence-electron chi connectivity index (χ0n) is 25.3. The predicted octanol–water partition coefficient (Wildman–Crippen LogP) is 8.67. The zero-order valence-corrected chi connectivity index (χ0v) is 26.1. The molecular formula is C34H52N2O2S. The van der Waals surface area contributed by atoms with E-state index in [-0.39, 0.29) is 10.3 Å². The summed E-state index contributed by atoms with van der Waals surface area (Å²) in [4.78, 5) is 2.78. The van der Waals surface area contributed by atoms with Gasteiger partial charge in [-0.25, -0.2) is 0 Å². The molecule has 39 heavy (non-hydrogen) atoms. The first-order valence-electron chi connectivity index (χ1n) is 15.8. The van der Waals surface area contributed by atoms with Crippen molar-refractivity contribution in [2.45, 2.75) is 117 Å². The number of aryl methyl sites for hydroxylation is 1. The topological polar surface area (TPSA) is 58.5 Å². The van der Waals surface area contributed by atoms with E-state index in [1.807, 2.05) is 19.1 Å². The number of fused-ring (bicyclic) bond motifs is 5. The van der Waals surface area contributed by atoms with Crippen LogP contribution in [0.5, 0.6) is 0 Å². The summed E-state index contributed by atoms with van der Waals surface area (Å²) in [6.45, 7) is 14.4. The SMILES string of the molecule is Cc1ccc(S(=O)(=O)N/N=C2/C=C3CC[C@H]4[C@@H]5CC[C@H]([C@@H](C)CCCC(C)C)[C@@]5(C)CC[C@@H]4[C@@]3(C)CC2)cc1. The van der Waals surface area contributed by atoms with Crippen LogP contribution in [0.3, 0.4) is 0 Å². The molecule has 7 atom stereocenters. The molecule has 0 aromatic heterocycles. The molecule has 1 aromatic carbocycles. The van der Waals surface area contributed by atoms with Gasteiger partial charge in [-0.2, -0.15) is 18.4 Å². The predicted molar refractivity (Wildman–Crippen MR) is 162 cm³/mol. The second-order valence-corrected chi connectivity index (χ2v) is 16.2. The van der Waals surface area contributed by atoms with Crippen LogP contribution in [0, 0.1) is 53.3 Å². The second kappa shape index (κ2) is 11.0. The lowest BCUT2D eigenvalue weighted by atomic mass is 9.46. The molecule has 0 bridgehead atoms. The standard InChI is InChI=1S/C34H52N2O2S/c1-23(2)8-7-9-25(4)30-16-17-31-29-15-12-26-22-27(18-20-33(26,5)32(29)19-21-34(30,31)6)35-36-39(37,38)28-13-10-24(3)11-14-28/h10-11,13-14,22-23,25,29-32,36H,7-9,12,15-21H2,1-6H3/b35-27+/t25-,29-,30+,31-,32-,33-,34+/m0/s1. The third-order valence-corrected chi connectivity index (χ3v) is 13.0. The third-order valence-electron chi connectivity index (χ3n) is 11.8. The molecule has 0 heterocycles. The highest BCUT2D eigenvalue weighted by molar-refractivity contribution is 7.89. The van der Waals surface area contributed by atoms with Crippen molar-refractivity contribution in [1.82, 2.24) is 4.83 Å². The number of benzene rings is 1. The third kappa shape index (κ3) is 5.51. The molecule has 216 valence electrons. The molecule has 0 amide bonds. The van der Waals surface area contributed by atoms with E-state index < -0.39 is 10.0 Å². The first-order chi connectivity index (χ1) is 18.4. The molecule has 3 fully saturated rings. The second-order valence-electron chi connectivity index (χ2n) is 14.5. The van der Waals surface area contributed by atoms with Gasteiger partial charge in [0.15, 0.2) is 0 Å². The van der Waals surface area contributed by atoms with Gasteiger partial charge in [0.05, 0.1) is 10.6 Å². The van der Waals surface area contributed by atoms with Crippen LogP contribution in [0.4, 0.5) is 0 Å². The quantitative estimate of drug-likeness (QED) is 0.328. The van der Waals surface area contributed by atoms with E-state index in [1.165, 1.54) is 56.9 Å². The molecule has 1 aromatic rings. The molecular weight excluding hydrogens is 500 g/mol. The molecule has 0 aliphatic heterocycles. The van der Waals surface area contributed by atoms with Crippen LogP contribution in [-0.2, 0) is 10.0 Å². The number of hydrogen-bond donors (Lipinski definition) is 1. The minimum atomic E-state index is -3.65. The van der Waals surface area contributed by atoms with Gasteiger partial charge in [-0.1, -0.05) is 77.2 Å². The van der Waals surface area contributed by atoms with Crippen LogP contribution in [0.25, 0.3) is 0 Å². The summed E-state index contributed by atoms with van der Waals surface area (Å²) in [5.41, 5.74) is 4.20. The molecule has 4 aliphatic rings. The number of hydrogen-bond acceptors (Lipinski definition) is 3. The minimum Gasteiger partial charge on any atom is -0.200 e. The van der Waals surface area contributed by atoms with E-state index in [9.17, 15) is 8.42 Å². The van der Waals surface area contributed by atoms with Gasteiger partial charge in [0.1, 0.15) is 0 Å². The summed E-state index contributed by atoms with van der Waals surface area (Å²) in [6, 6.07) is 6.94. The Hall–Kier alpha value is -1.62. The number of nitrogens with one attached hydrogen (secondary N) is 1. The fourth-order valence-electron chi connectivity index (χ4n) is 9.57. The molecule has 5 rings (SSSR count). The average molecular weight is 553 g/mol. The van der Waals surface area contributed by atoms with E-state index in [4.69, 9.17) is 0 Å². The molecule has 4 aliphatic carbocycles. The van der Waals surface area contributed by atoms with Crippen molar-refractivity contribution < 1.29 is 8.42 Å². The van der Waals surface area contributed by atoms with E-state index in [0.717, 1.165) is 66.0 Å². The summed E-state index contributed by atoms with van der Waals surface area (Å²) in [5, 5.41) is 4.41. The highest BCUT2D eigenvalue weighted by Crippen LogP contribution is 2.67. The van der Waals surface area contributed by atoms with Crippen molar-refractivity contribution in [2.24, 2.45) is 51.4 Å². The Morgan fingerprint density at radius 1 is 0.949 bits per heavy atom. The highest BCUT2D eigenvalue weighted by atomic mass is 32.2. The number of sulfonamides is 1. The normalized spacial score (nSPS) is 36.2. The van der Waals surface area contributed by atoms with Gasteiger partial charge in [-0.15, -0.1) is 0 Å². The lowest BCUT2D eigenvalue weighted by molar-refractivity contribution is -0.0573. The molecule has 4 nitrogen and oxygen atoms in total. The van der Waals surface area contributed by atoms with Crippen molar-refractivity contribution in [3.05, 3.63) is 41.5 Å². The maximum absolute atomic E-state index is 12.8. The Morgan fingerprint density at radius 2 is 1.69 bits per heavy atom. The minimum absolute atomic E-state index is 0.236. The van der Waals surface area contributed by atoms with Gasteiger partial charge in [-0.3, -0.25) is 0 Å². The number of rotatable bonds is 8. The number of hydrazone groups is 1. The van der Waals surface area contributed by atoms with E-state index in [2.05, 4.69) is 50.6 Å². The molecule has 0 spiro atoms. The Bertz CT molecular complexity index is 1200. The largest absolute Gasteiger partial charge is 0.276 e. The summed E-state index contributed by atoms with van der Waals surface area (Å²) in [6.07, 6.45) is 16.4. The van der Waals surface area contributed by atoms with E-state index >= 15 is 0 Å². The molecule has 3 saturated carbocycles. The first kappa shape index (κ1) is 28.9. The van der Waals surface area contributed by atoms with Crippen LogP contribution >= 0.6 is 0 Å². The summed E-state index contributed by atoms with van der Waals surface area (Å²) in [7, 11) is -3.65. The van der Waals surface area contributed by atoms with Crippen molar-refractivity contribution in [2.75, 3.05) is 0 Å². The molecule has 0 saturated heterocycles. The summed E-state index contributed by atoms with van der Waals surface area (Å²) >= 11 is 0. The fraction of sp³-hybridized carbons (Fsp3) is 0.735. The van der Waals surface area contributed by atoms with Gasteiger partial charge in [0, 0.05) is 0 Å². The van der Waals surface area contributed by atoms with Crippen LogP contribution in [0.2, 0.25) is 0 Å². The first-order valence-corrected chi connectivity index (χ1v) is 17.3. The van der Waals surface area contributed by atoms with Crippen LogP contribution in [-0.4, -0.2) is 14.1 Å². The molecule has 1 N–H and O–H groups in total. The van der Waals surface area contributed by atoms with E-state index in [1.54, 1.807) is 12.1 Å². The monoisotopic (exact) mass is 552 g/mol. The molecule has 0 unspecified atom stereocenters. The average Bonchev–Trinajstić information content (AvgIpc) is 3.25. The summed E-state index contributed by atoms with van der Waals surface area (Å²) in [5.74, 6) is 5.05. The Labute approximate surface area is 238 Å². The van der Waals surface area contributed by atoms with Crippen molar-refractivity contribution in [3.63, 3.8) is 0 Å². The van der Waals surface area contributed by atoms with Gasteiger partial charge < -0.3 is 0 Å².